The molecule has 0 aliphatic rings. The number of hydrogen-bond acceptors (Lipinski definition) is 2. The Morgan fingerprint density at radius 2 is 2.71 bits per heavy atom. The molecule has 0 atom stereocenters. The van der Waals surface area contributed by atoms with Crippen molar-refractivity contribution in [1.29, 1.82) is 0 Å². The van der Waals surface area contributed by atoms with Gasteiger partial charge >= 0.3 is 5.69 Å². The van der Waals surface area contributed by atoms with Crippen LogP contribution in [-0.2, 0) is 0 Å². The third-order valence-corrected chi connectivity index (χ3v) is 1.20. The van der Waals surface area contributed by atoms with Gasteiger partial charge in [-0.2, -0.15) is 2.90 Å². The summed E-state index contributed by atoms with van der Waals surface area (Å²) < 4.78 is 1.19. The number of rotatable bonds is 0. The van der Waals surface area contributed by atoms with E-state index in [-0.39, 0.29) is 5.69 Å². The highest BCUT2D eigenvalue weighted by atomic mass is 127. The maximum Gasteiger partial charge on any atom is 0.352 e. The van der Waals surface area contributed by atoms with Gasteiger partial charge in [0.25, 0.3) is 0 Å². The Bertz CT molecular complexity index is 201. The molecule has 1 aromatic rings. The fourth-order valence-corrected chi connectivity index (χ4v) is 0.504. The number of aromatic nitrogens is 3. The van der Waals surface area contributed by atoms with Crippen molar-refractivity contribution in [3.63, 3.8) is 0 Å². The monoisotopic (exact) mass is 211 g/mol. The van der Waals surface area contributed by atoms with Crippen LogP contribution in [-0.4, -0.2) is 13.0 Å². The molecular weight excluding hydrogens is 209 g/mol. The quantitative estimate of drug-likeness (QED) is 0.602. The molecule has 4 nitrogen and oxygen atoms in total. The summed E-state index contributed by atoms with van der Waals surface area (Å²) in [6.07, 6.45) is 1.34. The average molecular weight is 211 g/mol. The lowest BCUT2D eigenvalue weighted by Gasteiger charge is -1.70. The Kier molecular flexibility index (Phi) is 1.13. The Morgan fingerprint density at radius 3 is 2.86 bits per heavy atom. The van der Waals surface area contributed by atoms with Gasteiger partial charge in [-0.05, 0) is 0 Å². The number of halogens is 1. The molecule has 1 rings (SSSR count). The Balaban J connectivity index is 3.39. The molecule has 0 fully saturated rings. The first kappa shape index (κ1) is 4.82. The zero-order valence-corrected chi connectivity index (χ0v) is 5.42. The van der Waals surface area contributed by atoms with Crippen molar-refractivity contribution < 1.29 is 0 Å². The van der Waals surface area contributed by atoms with Crippen LogP contribution in [0.1, 0.15) is 0 Å². The first-order valence-electron chi connectivity index (χ1n) is 1.59. The van der Waals surface area contributed by atoms with E-state index in [2.05, 4.69) is 10.1 Å². The lowest BCUT2D eigenvalue weighted by molar-refractivity contribution is 1.01. The van der Waals surface area contributed by atoms with Gasteiger partial charge in [-0.1, -0.05) is 0 Å². The predicted octanol–water partition coefficient (Wildman–Crippen LogP) is -0.230. The van der Waals surface area contributed by atoms with Crippen LogP contribution < -0.4 is 5.69 Å². The molecule has 1 heterocycles. The lowest BCUT2D eigenvalue weighted by atomic mass is 11.3. The summed E-state index contributed by atoms with van der Waals surface area (Å²) in [5.41, 5.74) is -0.194. The molecule has 1 N–H and O–H groups in total. The van der Waals surface area contributed by atoms with E-state index in [9.17, 15) is 4.79 Å². The second-order valence-corrected chi connectivity index (χ2v) is 1.87. The lowest BCUT2D eigenvalue weighted by Crippen LogP contribution is -2.07. The van der Waals surface area contributed by atoms with Gasteiger partial charge in [0.05, 0.1) is 22.9 Å². The van der Waals surface area contributed by atoms with Gasteiger partial charge in [0.15, 0.2) is 0 Å². The molecular formula is C2H2IN3O. The summed E-state index contributed by atoms with van der Waals surface area (Å²) in [7, 11) is 0. The zero-order valence-electron chi connectivity index (χ0n) is 3.26. The number of hydrogen-bond donors (Lipinski definition) is 1. The minimum absolute atomic E-state index is 0.194. The van der Waals surface area contributed by atoms with Gasteiger partial charge in [0, 0.05) is 0 Å². The van der Waals surface area contributed by atoms with Crippen molar-refractivity contribution in [3.05, 3.63) is 16.8 Å². The van der Waals surface area contributed by atoms with Crippen LogP contribution >= 0.6 is 22.9 Å². The topological polar surface area (TPSA) is 50.7 Å². The summed E-state index contributed by atoms with van der Waals surface area (Å²) in [5.74, 6) is 0. The van der Waals surface area contributed by atoms with Crippen molar-refractivity contribution in [2.45, 2.75) is 0 Å². The summed E-state index contributed by atoms with van der Waals surface area (Å²) >= 11 is 1.78. The summed E-state index contributed by atoms with van der Waals surface area (Å²) in [6, 6.07) is 0. The van der Waals surface area contributed by atoms with E-state index < -0.39 is 0 Å². The van der Waals surface area contributed by atoms with Crippen molar-refractivity contribution in [2.24, 2.45) is 0 Å². The van der Waals surface area contributed by atoms with Crippen LogP contribution in [0.25, 0.3) is 0 Å². The number of nitrogens with zero attached hydrogens (tertiary/aromatic N) is 2. The average Bonchev–Trinajstić information content (AvgIpc) is 1.91. The molecule has 38 valence electrons. The molecule has 0 aliphatic heterocycles. The van der Waals surface area contributed by atoms with Gasteiger partial charge < -0.3 is 0 Å². The smallest absolute Gasteiger partial charge is 0.295 e. The molecule has 5 heteroatoms. The summed E-state index contributed by atoms with van der Waals surface area (Å²) in [4.78, 5) is 12.6. The largest absolute Gasteiger partial charge is 0.352 e. The van der Waals surface area contributed by atoms with E-state index in [0.29, 0.717) is 0 Å². The standard InChI is InChI=1S/C2H2IN3O/c3-6-2(7)4-1-5-6/h1H,(H,4,5,7). The number of H-pyrrole nitrogens is 1. The Labute approximate surface area is 53.0 Å². The van der Waals surface area contributed by atoms with Crippen LogP contribution in [0.3, 0.4) is 0 Å². The fourth-order valence-electron chi connectivity index (χ4n) is 0.240. The third-order valence-electron chi connectivity index (χ3n) is 0.515. The van der Waals surface area contributed by atoms with Crippen molar-refractivity contribution in [3.8, 4) is 0 Å². The van der Waals surface area contributed by atoms with Gasteiger partial charge in [0.1, 0.15) is 6.33 Å². The second-order valence-electron chi connectivity index (χ2n) is 0.954. The molecule has 0 amide bonds. The van der Waals surface area contributed by atoms with Gasteiger partial charge in [-0.15, -0.1) is 5.10 Å². The molecule has 0 spiro atoms. The Hall–Kier alpha value is -0.330. The van der Waals surface area contributed by atoms with Gasteiger partial charge in [-0.3, -0.25) is 4.98 Å². The normalized spacial score (nSPS) is 9.29. The maximum atomic E-state index is 10.3. The summed E-state index contributed by atoms with van der Waals surface area (Å²) in [5, 5.41) is 3.55. The maximum absolute atomic E-state index is 10.3. The van der Waals surface area contributed by atoms with Crippen molar-refractivity contribution in [1.82, 2.24) is 13.0 Å². The highest BCUT2D eigenvalue weighted by Gasteiger charge is 1.85. The molecule has 0 unspecified atom stereocenters. The molecule has 7 heavy (non-hydrogen) atoms. The zero-order chi connectivity index (χ0) is 5.28. The van der Waals surface area contributed by atoms with E-state index in [1.54, 1.807) is 22.9 Å². The van der Waals surface area contributed by atoms with E-state index in [0.717, 1.165) is 0 Å². The van der Waals surface area contributed by atoms with E-state index in [1.165, 1.54) is 9.22 Å². The van der Waals surface area contributed by atoms with Gasteiger partial charge in [-0.25, -0.2) is 4.79 Å². The molecule has 0 aromatic carbocycles. The first-order chi connectivity index (χ1) is 3.30. The third kappa shape index (κ3) is 0.817. The second kappa shape index (κ2) is 1.65. The summed E-state index contributed by atoms with van der Waals surface area (Å²) in [6.45, 7) is 0. The van der Waals surface area contributed by atoms with E-state index >= 15 is 0 Å². The van der Waals surface area contributed by atoms with E-state index in [1.807, 2.05) is 0 Å². The molecule has 0 radical (unpaired) electrons. The molecule has 1 aromatic heterocycles. The van der Waals surface area contributed by atoms with Gasteiger partial charge in [0.2, 0.25) is 0 Å². The van der Waals surface area contributed by atoms with E-state index in [4.69, 9.17) is 0 Å². The first-order valence-corrected chi connectivity index (χ1v) is 2.56. The predicted molar refractivity (Wildman–Crippen MR) is 32.3 cm³/mol. The number of nitrogens with one attached hydrogen (secondary N) is 1. The fraction of sp³-hybridized carbons (Fsp3) is 0. The highest BCUT2D eigenvalue weighted by molar-refractivity contribution is 14.1. The minimum Gasteiger partial charge on any atom is -0.295 e. The van der Waals surface area contributed by atoms with Crippen LogP contribution in [0.4, 0.5) is 0 Å². The van der Waals surface area contributed by atoms with Crippen molar-refractivity contribution >= 4 is 22.9 Å². The van der Waals surface area contributed by atoms with Crippen molar-refractivity contribution in [2.75, 3.05) is 0 Å². The number of aromatic amines is 1. The highest BCUT2D eigenvalue weighted by Crippen LogP contribution is 1.75. The SMILES string of the molecule is O=c1[nH]cnn1I. The molecule has 0 aliphatic carbocycles. The molecule has 0 saturated heterocycles. The van der Waals surface area contributed by atoms with Crippen LogP contribution in [0, 0.1) is 0 Å². The van der Waals surface area contributed by atoms with Crippen LogP contribution in [0.5, 0.6) is 0 Å². The van der Waals surface area contributed by atoms with Crippen LogP contribution in [0.2, 0.25) is 0 Å². The minimum atomic E-state index is -0.194. The molecule has 0 bridgehead atoms. The Morgan fingerprint density at radius 1 is 2.00 bits per heavy atom. The van der Waals surface area contributed by atoms with Crippen LogP contribution in [0.15, 0.2) is 11.1 Å². The molecule has 0 saturated carbocycles.